The minimum Gasteiger partial charge on any atom is -0.0683 e. The van der Waals surface area contributed by atoms with Gasteiger partial charge in [-0.15, -0.1) is 0 Å². The third-order valence-electron chi connectivity index (χ3n) is 25.8. The Morgan fingerprint density at radius 3 is 0.704 bits per heavy atom. The fourth-order valence-corrected chi connectivity index (χ4v) is 21.7. The molecule has 6 aliphatic carbocycles. The van der Waals surface area contributed by atoms with Crippen LogP contribution in [0.3, 0.4) is 0 Å². The minimum atomic E-state index is -0.278. The van der Waals surface area contributed by atoms with Gasteiger partial charge in [0.1, 0.15) is 0 Å². The Kier molecular flexibility index (Phi) is 43.8. The van der Waals surface area contributed by atoms with Crippen LogP contribution >= 0.6 is 0 Å². The fraction of sp³-hybridized carbons (Fsp3) is 0.333. The minimum absolute atomic E-state index is 0.277. The van der Waals surface area contributed by atoms with Crippen LogP contribution < -0.4 is 0 Å². The number of benzene rings is 15. The van der Waals surface area contributed by atoms with Crippen molar-refractivity contribution in [2.75, 3.05) is 0 Å². The molecule has 135 heavy (non-hydrogen) atoms. The lowest BCUT2D eigenvalue weighted by Crippen LogP contribution is -2.35. The Labute approximate surface area is 823 Å². The van der Waals surface area contributed by atoms with Gasteiger partial charge in [-0.25, -0.2) is 0 Å². The SMILES string of the molecule is CC.CC.CC.CC.CC.CC.CC.CC.CC.CC.CC.CC.CCc1ccc2c(c1)-c1ccc(Cc3cc(C)cc(C)c3)cc1C21c2ccccc2Cc2ccccc21.CCc1ccc2c(c1)C1(c3ccccc3Cc3ccccc31)c1cc(Cc3cc(C)cc(C)c3)ccc1-2.CCc1cccc2c1C1(c3ccccc3Cc3ccccc31)c1cc(Cc3cc(C)cc(C)c3)ccc1-2. The molecular weight excluding hydrogens is 1620 g/mol. The van der Waals surface area contributed by atoms with E-state index in [1.54, 1.807) is 0 Å². The standard InChI is InChI=1S/3C37H32.12C2H6/c1-4-28-12-9-13-32-31-17-16-26(21-27-19-24(2)18-25(3)20-27)22-35(31)37(36(28)32)33-14-7-5-10-29(33)23-30-11-6-8-15-34(30)37;1-4-26-14-16-35-32(21-26)31-15-13-27(20-28-18-24(2)17-25(3)19-28)22-36(31)37(35)33-11-7-5-9-29(33)23-30-10-6-8-12-34(30)37;1-4-26-13-15-31-32-16-14-27(20-28-18-24(2)17-25(3)19-28)22-36(32)37(35(31)21-26)33-11-7-5-9-29(33)23-30-10-6-8-12-34(30)37;12*1-2/h5-20,22H,4,21,23H2,1-3H3;2*5-19,21-22H,4,20,23H2,1-3H3;12*1-2H3. The molecule has 0 atom stereocenters. The summed E-state index contributed by atoms with van der Waals surface area (Å²) in [6.45, 7) is 68.0. The summed E-state index contributed by atoms with van der Waals surface area (Å²) >= 11 is 0. The molecule has 0 saturated heterocycles. The molecule has 0 heteroatoms. The molecule has 0 unspecified atom stereocenters. The third-order valence-corrected chi connectivity index (χ3v) is 25.8. The summed E-state index contributed by atoms with van der Waals surface area (Å²) in [5.74, 6) is 0. The van der Waals surface area contributed by atoms with Crippen molar-refractivity contribution in [3.8, 4) is 33.4 Å². The Morgan fingerprint density at radius 2 is 0.407 bits per heavy atom. The smallest absolute Gasteiger partial charge is 0.0683 e. The van der Waals surface area contributed by atoms with Crippen molar-refractivity contribution in [3.63, 3.8) is 0 Å². The summed E-state index contributed by atoms with van der Waals surface area (Å²) in [4.78, 5) is 0. The van der Waals surface area contributed by atoms with E-state index >= 15 is 0 Å². The van der Waals surface area contributed by atoms with Gasteiger partial charge >= 0.3 is 0 Å². The quantitative estimate of drug-likeness (QED) is 0.135. The monoisotopic (exact) mass is 1790 g/mol. The van der Waals surface area contributed by atoms with Crippen LogP contribution in [-0.2, 0) is 74.0 Å². The fourth-order valence-electron chi connectivity index (χ4n) is 21.7. The van der Waals surface area contributed by atoms with E-state index in [1.165, 1.54) is 217 Å². The van der Waals surface area contributed by atoms with E-state index in [-0.39, 0.29) is 16.2 Å². The lowest BCUT2D eigenvalue weighted by molar-refractivity contribution is 0.712. The van der Waals surface area contributed by atoms with Crippen molar-refractivity contribution in [2.45, 2.75) is 303 Å². The molecule has 0 N–H and O–H groups in total. The van der Waals surface area contributed by atoms with Crippen LogP contribution in [0.15, 0.2) is 309 Å². The van der Waals surface area contributed by atoms with Gasteiger partial charge in [-0.3, -0.25) is 0 Å². The van der Waals surface area contributed by atoms with Crippen LogP contribution in [0.25, 0.3) is 33.4 Å². The second-order valence-corrected chi connectivity index (χ2v) is 33.0. The van der Waals surface area contributed by atoms with E-state index in [2.05, 4.69) is 372 Å². The van der Waals surface area contributed by atoms with Crippen LogP contribution in [0.2, 0.25) is 0 Å². The van der Waals surface area contributed by atoms with Gasteiger partial charge in [0.15, 0.2) is 0 Å². The molecule has 0 fully saturated rings. The first kappa shape index (κ1) is 110. The van der Waals surface area contributed by atoms with Crippen molar-refractivity contribution >= 4 is 0 Å². The predicted octanol–water partition coefficient (Wildman–Crippen LogP) is 38.5. The lowest BCUT2D eigenvalue weighted by atomic mass is 9.60. The Balaban J connectivity index is 0.000000248. The largest absolute Gasteiger partial charge is 0.0721 e. The number of hydrogen-bond acceptors (Lipinski definition) is 0. The van der Waals surface area contributed by atoms with Gasteiger partial charge < -0.3 is 0 Å². The zero-order chi connectivity index (χ0) is 99.4. The average molecular weight is 1790 g/mol. The summed E-state index contributed by atoms with van der Waals surface area (Å²) in [5, 5.41) is 0. The molecule has 6 aliphatic rings. The second-order valence-electron chi connectivity index (χ2n) is 33.0. The molecule has 0 aliphatic heterocycles. The van der Waals surface area contributed by atoms with Crippen molar-refractivity contribution in [2.24, 2.45) is 0 Å². The van der Waals surface area contributed by atoms with Crippen molar-refractivity contribution in [1.29, 1.82) is 0 Å². The summed E-state index contributed by atoms with van der Waals surface area (Å²) in [5.41, 5.74) is 54.2. The first-order valence-electron chi connectivity index (χ1n) is 52.8. The van der Waals surface area contributed by atoms with Crippen LogP contribution in [0.1, 0.15) is 371 Å². The lowest BCUT2D eigenvalue weighted by Gasteiger charge is -2.41. The van der Waals surface area contributed by atoms with Crippen LogP contribution in [-0.4, -0.2) is 0 Å². The van der Waals surface area contributed by atoms with Crippen LogP contribution in [0.5, 0.6) is 0 Å². The number of aryl methyl sites for hydroxylation is 9. The molecular formula is C135H168. The van der Waals surface area contributed by atoms with Gasteiger partial charge in [-0.05, 0) is 283 Å². The van der Waals surface area contributed by atoms with E-state index in [1.807, 2.05) is 166 Å². The van der Waals surface area contributed by atoms with E-state index in [0.717, 1.165) is 57.8 Å². The van der Waals surface area contributed by atoms with E-state index in [4.69, 9.17) is 0 Å². The molecule has 15 aromatic carbocycles. The first-order chi connectivity index (χ1) is 66.2. The molecule has 0 amide bonds. The summed E-state index contributed by atoms with van der Waals surface area (Å²) in [6, 6.07) is 119. The highest BCUT2D eigenvalue weighted by Crippen LogP contribution is 2.64. The summed E-state index contributed by atoms with van der Waals surface area (Å²) < 4.78 is 0. The summed E-state index contributed by atoms with van der Waals surface area (Å²) in [7, 11) is 0. The molecule has 0 nitrogen and oxygen atoms in total. The third kappa shape index (κ3) is 22.1. The Morgan fingerprint density at radius 1 is 0.170 bits per heavy atom. The van der Waals surface area contributed by atoms with E-state index < -0.39 is 0 Å². The second kappa shape index (κ2) is 53.6. The maximum absolute atomic E-state index is 2.53. The molecule has 15 aromatic rings. The van der Waals surface area contributed by atoms with Gasteiger partial charge in [0, 0.05) is 0 Å². The van der Waals surface area contributed by atoms with Crippen molar-refractivity contribution in [3.05, 3.63) is 493 Å². The molecule has 21 rings (SSSR count). The van der Waals surface area contributed by atoms with Crippen LogP contribution in [0.4, 0.5) is 0 Å². The van der Waals surface area contributed by atoms with E-state index in [9.17, 15) is 0 Å². The highest BCUT2D eigenvalue weighted by Gasteiger charge is 2.54. The number of fused-ring (bicyclic) bond motifs is 27. The maximum atomic E-state index is 2.53. The molecule has 0 radical (unpaired) electrons. The molecule has 0 heterocycles. The zero-order valence-electron chi connectivity index (χ0n) is 89.8. The zero-order valence-corrected chi connectivity index (χ0v) is 89.8. The normalized spacial score (nSPS) is 12.2. The highest BCUT2D eigenvalue weighted by molar-refractivity contribution is 5.92. The van der Waals surface area contributed by atoms with Crippen molar-refractivity contribution < 1.29 is 0 Å². The molecule has 708 valence electrons. The topological polar surface area (TPSA) is 0 Å². The van der Waals surface area contributed by atoms with Crippen LogP contribution in [0, 0.1) is 41.5 Å². The van der Waals surface area contributed by atoms with E-state index in [0.29, 0.717) is 0 Å². The Hall–Kier alpha value is -11.7. The van der Waals surface area contributed by atoms with Gasteiger partial charge in [0.2, 0.25) is 0 Å². The van der Waals surface area contributed by atoms with Gasteiger partial charge in [-0.2, -0.15) is 0 Å². The predicted molar refractivity (Wildman–Crippen MR) is 600 cm³/mol. The average Bonchev–Trinajstić information content (AvgIpc) is 1.52. The van der Waals surface area contributed by atoms with Crippen molar-refractivity contribution in [1.82, 2.24) is 0 Å². The number of hydrogen-bond donors (Lipinski definition) is 0. The first-order valence-corrected chi connectivity index (χ1v) is 52.8. The Bertz CT molecular complexity index is 6050. The molecule has 0 bridgehead atoms. The van der Waals surface area contributed by atoms with Gasteiger partial charge in [0.05, 0.1) is 16.2 Å². The van der Waals surface area contributed by atoms with Gasteiger partial charge in [-0.1, -0.05) is 530 Å². The molecule has 3 spiro atoms. The molecule has 0 saturated carbocycles. The highest BCUT2D eigenvalue weighted by atomic mass is 14.5. The van der Waals surface area contributed by atoms with Gasteiger partial charge in [0.25, 0.3) is 0 Å². The number of rotatable bonds is 9. The molecule has 0 aromatic heterocycles. The summed E-state index contributed by atoms with van der Waals surface area (Å²) in [6.07, 6.45) is 8.95. The maximum Gasteiger partial charge on any atom is 0.0721 e.